The minimum atomic E-state index is 0.0398. The maximum atomic E-state index is 12.3. The first-order valence-electron chi connectivity index (χ1n) is 7.05. The first-order chi connectivity index (χ1) is 9.20. The molecule has 0 aliphatic carbocycles. The largest absolute Gasteiger partial charge is 0.380 e. The van der Waals surface area contributed by atoms with Crippen molar-refractivity contribution in [1.82, 2.24) is 4.90 Å². The van der Waals surface area contributed by atoms with Gasteiger partial charge in [-0.1, -0.05) is 37.3 Å². The third-order valence-corrected chi connectivity index (χ3v) is 3.83. The van der Waals surface area contributed by atoms with Crippen LogP contribution in [0, 0.1) is 5.92 Å². The van der Waals surface area contributed by atoms with E-state index in [0.29, 0.717) is 6.10 Å². The molecule has 1 heterocycles. The second-order valence-electron chi connectivity index (χ2n) is 5.39. The zero-order valence-electron chi connectivity index (χ0n) is 11.8. The van der Waals surface area contributed by atoms with E-state index in [0.717, 1.165) is 38.0 Å². The summed E-state index contributed by atoms with van der Waals surface area (Å²) in [7, 11) is 1.77. The molecule has 0 saturated carbocycles. The van der Waals surface area contributed by atoms with Crippen LogP contribution in [0.1, 0.15) is 30.1 Å². The molecule has 1 aromatic carbocycles. The number of likely N-dealkylation sites (tertiary alicyclic amines) is 1. The molecule has 1 fully saturated rings. The molecule has 1 aromatic rings. The quantitative estimate of drug-likeness (QED) is 0.763. The number of hydrogen-bond donors (Lipinski definition) is 0. The average molecular weight is 261 g/mol. The number of methoxy groups -OCH3 is 1. The van der Waals surface area contributed by atoms with Crippen LogP contribution >= 0.6 is 0 Å². The molecule has 0 N–H and O–H groups in total. The van der Waals surface area contributed by atoms with Gasteiger partial charge in [-0.3, -0.25) is 4.79 Å². The molecule has 0 spiro atoms. The van der Waals surface area contributed by atoms with E-state index in [4.69, 9.17) is 4.74 Å². The van der Waals surface area contributed by atoms with Crippen molar-refractivity contribution in [2.24, 2.45) is 5.92 Å². The number of carbonyl (C=O) groups is 1. The normalized spacial score (nSPS) is 22.1. The minimum absolute atomic E-state index is 0.0398. The summed E-state index contributed by atoms with van der Waals surface area (Å²) in [5, 5.41) is 0. The number of carbonyl (C=O) groups excluding carboxylic acids is 1. The molecule has 19 heavy (non-hydrogen) atoms. The fourth-order valence-corrected chi connectivity index (χ4v) is 2.73. The highest BCUT2D eigenvalue weighted by molar-refractivity contribution is 5.97. The molecule has 2 atom stereocenters. The van der Waals surface area contributed by atoms with Crippen molar-refractivity contribution in [3.63, 3.8) is 0 Å². The Balaban J connectivity index is 1.90. The Bertz CT molecular complexity index is 404. The third-order valence-electron chi connectivity index (χ3n) is 3.83. The van der Waals surface area contributed by atoms with E-state index in [1.165, 1.54) is 0 Å². The van der Waals surface area contributed by atoms with Crippen molar-refractivity contribution in [2.45, 2.75) is 25.9 Å². The monoisotopic (exact) mass is 261 g/mol. The van der Waals surface area contributed by atoms with Crippen molar-refractivity contribution < 1.29 is 9.53 Å². The van der Waals surface area contributed by atoms with Gasteiger partial charge in [-0.25, -0.2) is 0 Å². The van der Waals surface area contributed by atoms with Crippen LogP contribution in [-0.2, 0) is 4.74 Å². The fraction of sp³-hybridized carbons (Fsp3) is 0.562. The summed E-state index contributed by atoms with van der Waals surface area (Å²) in [5.41, 5.74) is 0.815. The Morgan fingerprint density at radius 2 is 2.16 bits per heavy atom. The lowest BCUT2D eigenvalue weighted by molar-refractivity contribution is 0.0265. The third kappa shape index (κ3) is 3.88. The van der Waals surface area contributed by atoms with Crippen LogP contribution in [0.25, 0.3) is 0 Å². The average Bonchev–Trinajstić information content (AvgIpc) is 2.47. The molecule has 3 nitrogen and oxygen atoms in total. The van der Waals surface area contributed by atoms with Crippen LogP contribution in [0.4, 0.5) is 0 Å². The molecule has 0 aromatic heterocycles. The molecule has 104 valence electrons. The number of piperidine rings is 1. The molecule has 3 heteroatoms. The van der Waals surface area contributed by atoms with Gasteiger partial charge in [-0.2, -0.15) is 0 Å². The van der Waals surface area contributed by atoms with E-state index in [-0.39, 0.29) is 11.7 Å². The Kier molecular flexibility index (Phi) is 5.11. The van der Waals surface area contributed by atoms with Gasteiger partial charge >= 0.3 is 0 Å². The SMILES string of the molecule is COC1CCCN(CC(C)C(=O)c2ccccc2)C1. The van der Waals surface area contributed by atoms with Crippen molar-refractivity contribution in [1.29, 1.82) is 0 Å². The van der Waals surface area contributed by atoms with Crippen molar-refractivity contribution in [3.05, 3.63) is 35.9 Å². The summed E-state index contributed by atoms with van der Waals surface area (Å²) in [6.45, 7) is 4.87. The van der Waals surface area contributed by atoms with Crippen LogP contribution in [-0.4, -0.2) is 43.5 Å². The molecule has 2 unspecified atom stereocenters. The van der Waals surface area contributed by atoms with E-state index < -0.39 is 0 Å². The zero-order chi connectivity index (χ0) is 13.7. The first-order valence-corrected chi connectivity index (χ1v) is 7.05. The Morgan fingerprint density at radius 1 is 1.42 bits per heavy atom. The molecule has 0 radical (unpaired) electrons. The van der Waals surface area contributed by atoms with Crippen LogP contribution in [0.3, 0.4) is 0 Å². The number of hydrogen-bond acceptors (Lipinski definition) is 3. The van der Waals surface area contributed by atoms with Crippen LogP contribution < -0.4 is 0 Å². The molecule has 1 aliphatic heterocycles. The Hall–Kier alpha value is -1.19. The lowest BCUT2D eigenvalue weighted by atomic mass is 9.97. The minimum Gasteiger partial charge on any atom is -0.380 e. The van der Waals surface area contributed by atoms with Crippen LogP contribution in [0.5, 0.6) is 0 Å². The summed E-state index contributed by atoms with van der Waals surface area (Å²) in [4.78, 5) is 14.7. The number of ether oxygens (including phenoxy) is 1. The van der Waals surface area contributed by atoms with Gasteiger partial charge in [0.15, 0.2) is 5.78 Å². The number of nitrogens with zero attached hydrogens (tertiary/aromatic N) is 1. The molecular weight excluding hydrogens is 238 g/mol. The highest BCUT2D eigenvalue weighted by Crippen LogP contribution is 2.16. The lowest BCUT2D eigenvalue weighted by Crippen LogP contribution is -2.42. The fourth-order valence-electron chi connectivity index (χ4n) is 2.73. The molecule has 1 saturated heterocycles. The van der Waals surface area contributed by atoms with Gasteiger partial charge in [0.05, 0.1) is 6.10 Å². The highest BCUT2D eigenvalue weighted by Gasteiger charge is 2.23. The maximum absolute atomic E-state index is 12.3. The lowest BCUT2D eigenvalue weighted by Gasteiger charge is -2.33. The number of rotatable bonds is 5. The predicted molar refractivity (Wildman–Crippen MR) is 76.4 cm³/mol. The van der Waals surface area contributed by atoms with Gasteiger partial charge in [-0.15, -0.1) is 0 Å². The number of ketones is 1. The topological polar surface area (TPSA) is 29.5 Å². The maximum Gasteiger partial charge on any atom is 0.166 e. The summed E-state index contributed by atoms with van der Waals surface area (Å²) in [5.74, 6) is 0.276. The van der Waals surface area contributed by atoms with Crippen LogP contribution in [0.15, 0.2) is 30.3 Å². The summed E-state index contributed by atoms with van der Waals surface area (Å²) in [6, 6.07) is 9.57. The predicted octanol–water partition coefficient (Wildman–Crippen LogP) is 2.62. The van der Waals surface area contributed by atoms with Crippen LogP contribution in [0.2, 0.25) is 0 Å². The molecule has 0 bridgehead atoms. The Morgan fingerprint density at radius 3 is 2.84 bits per heavy atom. The van der Waals surface area contributed by atoms with Crippen molar-refractivity contribution in [3.8, 4) is 0 Å². The van der Waals surface area contributed by atoms with Gasteiger partial charge in [0, 0.05) is 31.7 Å². The van der Waals surface area contributed by atoms with E-state index in [1.54, 1.807) is 7.11 Å². The standard InChI is InChI=1S/C16H23NO2/c1-13(16(18)14-7-4-3-5-8-14)11-17-10-6-9-15(12-17)19-2/h3-5,7-8,13,15H,6,9-12H2,1-2H3. The first kappa shape index (κ1) is 14.2. The number of benzene rings is 1. The molecule has 2 rings (SSSR count). The second-order valence-corrected chi connectivity index (χ2v) is 5.39. The van der Waals surface area contributed by atoms with E-state index in [1.807, 2.05) is 37.3 Å². The smallest absolute Gasteiger partial charge is 0.166 e. The molecule has 0 amide bonds. The summed E-state index contributed by atoms with van der Waals surface area (Å²) < 4.78 is 5.42. The highest BCUT2D eigenvalue weighted by atomic mass is 16.5. The van der Waals surface area contributed by atoms with Gasteiger partial charge in [0.2, 0.25) is 0 Å². The Labute approximate surface area is 115 Å². The second kappa shape index (κ2) is 6.83. The number of Topliss-reactive ketones (excluding diaryl/α,β-unsaturated/α-hetero) is 1. The molecular formula is C16H23NO2. The van der Waals surface area contributed by atoms with E-state index in [2.05, 4.69) is 4.90 Å². The van der Waals surface area contributed by atoms with E-state index in [9.17, 15) is 4.79 Å². The van der Waals surface area contributed by atoms with Crippen molar-refractivity contribution in [2.75, 3.05) is 26.7 Å². The summed E-state index contributed by atoms with van der Waals surface area (Å²) in [6.07, 6.45) is 2.62. The summed E-state index contributed by atoms with van der Waals surface area (Å²) >= 11 is 0. The van der Waals surface area contributed by atoms with Gasteiger partial charge in [-0.05, 0) is 19.4 Å². The van der Waals surface area contributed by atoms with Gasteiger partial charge in [0.25, 0.3) is 0 Å². The van der Waals surface area contributed by atoms with E-state index >= 15 is 0 Å². The van der Waals surface area contributed by atoms with Crippen molar-refractivity contribution >= 4 is 5.78 Å². The molecule has 1 aliphatic rings. The van der Waals surface area contributed by atoms with Gasteiger partial charge in [0.1, 0.15) is 0 Å². The zero-order valence-corrected chi connectivity index (χ0v) is 11.8. The van der Waals surface area contributed by atoms with Gasteiger partial charge < -0.3 is 9.64 Å².